The van der Waals surface area contributed by atoms with Gasteiger partial charge in [0.1, 0.15) is 15.6 Å². The fourth-order valence-electron chi connectivity index (χ4n) is 2.57. The maximum Gasteiger partial charge on any atom is 0.350 e. The number of amides is 1. The second-order valence-corrected chi connectivity index (χ2v) is 7.06. The van der Waals surface area contributed by atoms with Crippen LogP contribution in [0.4, 0.5) is 11.4 Å². The van der Waals surface area contributed by atoms with E-state index in [2.05, 4.69) is 10.3 Å². The van der Waals surface area contributed by atoms with Crippen molar-refractivity contribution in [3.63, 3.8) is 0 Å². The largest absolute Gasteiger partial charge is 0.494 e. The molecule has 9 nitrogen and oxygen atoms in total. The summed E-state index contributed by atoms with van der Waals surface area (Å²) in [6.07, 6.45) is 0. The molecule has 0 atom stereocenters. The first-order valence-electron chi connectivity index (χ1n) is 8.71. The molecule has 1 N–H and O–H groups in total. The number of benzene rings is 2. The molecule has 154 valence electrons. The molecule has 1 amide bonds. The van der Waals surface area contributed by atoms with Crippen molar-refractivity contribution in [3.8, 4) is 16.3 Å². The Labute approximate surface area is 175 Å². The van der Waals surface area contributed by atoms with Gasteiger partial charge in [0.25, 0.3) is 11.6 Å². The third-order valence-electron chi connectivity index (χ3n) is 4.01. The van der Waals surface area contributed by atoms with E-state index in [9.17, 15) is 19.7 Å². The van der Waals surface area contributed by atoms with Crippen LogP contribution >= 0.6 is 11.3 Å². The highest BCUT2D eigenvalue weighted by molar-refractivity contribution is 7.17. The normalized spacial score (nSPS) is 10.3. The van der Waals surface area contributed by atoms with Crippen molar-refractivity contribution in [1.82, 2.24) is 4.98 Å². The van der Waals surface area contributed by atoms with Crippen LogP contribution in [0.5, 0.6) is 5.75 Å². The Morgan fingerprint density at radius 2 is 1.93 bits per heavy atom. The van der Waals surface area contributed by atoms with Gasteiger partial charge < -0.3 is 14.8 Å². The summed E-state index contributed by atoms with van der Waals surface area (Å²) in [6.45, 7) is 1.17. The molecule has 0 aliphatic carbocycles. The summed E-state index contributed by atoms with van der Waals surface area (Å²) >= 11 is 1.19. The summed E-state index contributed by atoms with van der Waals surface area (Å²) in [6, 6.07) is 13.2. The van der Waals surface area contributed by atoms with Gasteiger partial charge in [-0.3, -0.25) is 14.9 Å². The standard InChI is InChI=1S/C20H17N3O6S/c1-12-18(30-19(21-12)13-6-4-3-5-7-13)20(25)29-11-17(24)22-15-9-8-14(23(26)27)10-16(15)28-2/h3-10H,11H2,1-2H3,(H,22,24). The van der Waals surface area contributed by atoms with Gasteiger partial charge in [-0.2, -0.15) is 0 Å². The minimum absolute atomic E-state index is 0.120. The second-order valence-electron chi connectivity index (χ2n) is 6.07. The Morgan fingerprint density at radius 1 is 1.20 bits per heavy atom. The van der Waals surface area contributed by atoms with Gasteiger partial charge in [0, 0.05) is 11.6 Å². The van der Waals surface area contributed by atoms with E-state index in [1.54, 1.807) is 6.92 Å². The summed E-state index contributed by atoms with van der Waals surface area (Å²) in [7, 11) is 1.33. The number of nitro groups is 1. The monoisotopic (exact) mass is 427 g/mol. The summed E-state index contributed by atoms with van der Waals surface area (Å²) in [5, 5.41) is 14.0. The molecular formula is C20H17N3O6S. The van der Waals surface area contributed by atoms with Gasteiger partial charge >= 0.3 is 5.97 Å². The summed E-state index contributed by atoms with van der Waals surface area (Å²) < 4.78 is 10.2. The van der Waals surface area contributed by atoms with E-state index < -0.39 is 23.4 Å². The maximum atomic E-state index is 12.4. The zero-order valence-corrected chi connectivity index (χ0v) is 16.9. The topological polar surface area (TPSA) is 121 Å². The predicted octanol–water partition coefficient (Wildman–Crippen LogP) is 3.83. The van der Waals surface area contributed by atoms with Crippen LogP contribution in [-0.4, -0.2) is 35.5 Å². The first-order valence-corrected chi connectivity index (χ1v) is 9.53. The molecule has 0 saturated carbocycles. The molecule has 1 heterocycles. The number of rotatable bonds is 7. The molecule has 0 bridgehead atoms. The van der Waals surface area contributed by atoms with Gasteiger partial charge in [0.15, 0.2) is 6.61 Å². The van der Waals surface area contributed by atoms with Gasteiger partial charge in [0.05, 0.1) is 29.5 Å². The van der Waals surface area contributed by atoms with E-state index in [1.165, 1.54) is 36.6 Å². The van der Waals surface area contributed by atoms with Crippen molar-refractivity contribution in [3.05, 3.63) is 69.2 Å². The molecule has 0 radical (unpaired) electrons. The van der Waals surface area contributed by atoms with Crippen LogP contribution in [0.2, 0.25) is 0 Å². The predicted molar refractivity (Wildman–Crippen MR) is 111 cm³/mol. The van der Waals surface area contributed by atoms with E-state index in [-0.39, 0.29) is 17.1 Å². The molecular weight excluding hydrogens is 410 g/mol. The van der Waals surface area contributed by atoms with Crippen LogP contribution in [0, 0.1) is 17.0 Å². The number of ether oxygens (including phenoxy) is 2. The van der Waals surface area contributed by atoms with Crippen molar-refractivity contribution in [2.75, 3.05) is 19.0 Å². The molecule has 30 heavy (non-hydrogen) atoms. The molecule has 0 spiro atoms. The quantitative estimate of drug-likeness (QED) is 0.345. The van der Waals surface area contributed by atoms with Crippen LogP contribution in [0.3, 0.4) is 0 Å². The van der Waals surface area contributed by atoms with Crippen LogP contribution in [-0.2, 0) is 9.53 Å². The Kier molecular flexibility index (Phi) is 6.38. The lowest BCUT2D eigenvalue weighted by molar-refractivity contribution is -0.384. The van der Waals surface area contributed by atoms with Crippen LogP contribution in [0.25, 0.3) is 10.6 Å². The van der Waals surface area contributed by atoms with E-state index >= 15 is 0 Å². The van der Waals surface area contributed by atoms with Crippen LogP contribution < -0.4 is 10.1 Å². The number of non-ortho nitro benzene ring substituents is 1. The third-order valence-corrected chi connectivity index (χ3v) is 5.19. The van der Waals surface area contributed by atoms with Gasteiger partial charge in [-0.1, -0.05) is 30.3 Å². The van der Waals surface area contributed by atoms with Crippen LogP contribution in [0.1, 0.15) is 15.4 Å². The van der Waals surface area contributed by atoms with E-state index in [1.807, 2.05) is 30.3 Å². The molecule has 0 unspecified atom stereocenters. The number of nitrogens with zero attached hydrogens (tertiary/aromatic N) is 2. The van der Waals surface area contributed by atoms with Gasteiger partial charge in [-0.15, -0.1) is 11.3 Å². The Hall–Kier alpha value is -3.79. The third kappa shape index (κ3) is 4.78. The number of aryl methyl sites for hydroxylation is 1. The SMILES string of the molecule is COc1cc([N+](=O)[O-])ccc1NC(=O)COC(=O)c1sc(-c2ccccc2)nc1C. The lowest BCUT2D eigenvalue weighted by atomic mass is 10.2. The number of esters is 1. The van der Waals surface area contributed by atoms with Gasteiger partial charge in [0.2, 0.25) is 0 Å². The number of hydrogen-bond donors (Lipinski definition) is 1. The molecule has 0 fully saturated rings. The van der Waals surface area contributed by atoms with Gasteiger partial charge in [-0.25, -0.2) is 9.78 Å². The fourth-order valence-corrected chi connectivity index (χ4v) is 3.54. The molecule has 10 heteroatoms. The minimum atomic E-state index is -0.655. The number of hydrogen-bond acceptors (Lipinski definition) is 8. The number of methoxy groups -OCH3 is 1. The van der Waals surface area contributed by atoms with E-state index in [4.69, 9.17) is 9.47 Å². The smallest absolute Gasteiger partial charge is 0.350 e. The molecule has 0 aliphatic rings. The average Bonchev–Trinajstić information content (AvgIpc) is 3.14. The summed E-state index contributed by atoms with van der Waals surface area (Å²) in [5.41, 5.74) is 1.45. The summed E-state index contributed by atoms with van der Waals surface area (Å²) in [5.74, 6) is -1.14. The van der Waals surface area contributed by atoms with Gasteiger partial charge in [-0.05, 0) is 13.0 Å². The lowest BCUT2D eigenvalue weighted by Crippen LogP contribution is -2.21. The van der Waals surface area contributed by atoms with Crippen molar-refractivity contribution in [2.45, 2.75) is 6.92 Å². The first-order chi connectivity index (χ1) is 14.4. The molecule has 3 rings (SSSR count). The summed E-state index contributed by atoms with van der Waals surface area (Å²) in [4.78, 5) is 39.5. The number of carbonyl (C=O) groups excluding carboxylic acids is 2. The molecule has 1 aromatic heterocycles. The van der Waals surface area contributed by atoms with E-state index in [0.29, 0.717) is 15.6 Å². The van der Waals surface area contributed by atoms with Crippen molar-refractivity contribution < 1.29 is 24.0 Å². The molecule has 0 saturated heterocycles. The number of nitro benzene ring substituents is 1. The van der Waals surface area contributed by atoms with E-state index in [0.717, 1.165) is 5.56 Å². The number of anilines is 1. The number of nitrogens with one attached hydrogen (secondary N) is 1. The van der Waals surface area contributed by atoms with Crippen molar-refractivity contribution in [2.24, 2.45) is 0 Å². The molecule has 0 aliphatic heterocycles. The van der Waals surface area contributed by atoms with Crippen molar-refractivity contribution >= 4 is 34.6 Å². The highest BCUT2D eigenvalue weighted by Crippen LogP contribution is 2.30. The molecule has 3 aromatic rings. The average molecular weight is 427 g/mol. The second kappa shape index (κ2) is 9.14. The highest BCUT2D eigenvalue weighted by atomic mass is 32.1. The number of thiazole rings is 1. The number of carbonyl (C=O) groups is 2. The zero-order chi connectivity index (χ0) is 21.7. The minimum Gasteiger partial charge on any atom is -0.494 e. The Balaban J connectivity index is 1.63. The first kappa shape index (κ1) is 20.9. The maximum absolute atomic E-state index is 12.4. The highest BCUT2D eigenvalue weighted by Gasteiger charge is 2.19. The zero-order valence-electron chi connectivity index (χ0n) is 16.1. The van der Waals surface area contributed by atoms with Crippen molar-refractivity contribution in [1.29, 1.82) is 0 Å². The fraction of sp³-hybridized carbons (Fsp3) is 0.150. The van der Waals surface area contributed by atoms with Crippen LogP contribution in [0.15, 0.2) is 48.5 Å². The Bertz CT molecular complexity index is 1100. The number of aromatic nitrogens is 1. The molecule has 2 aromatic carbocycles. The Morgan fingerprint density at radius 3 is 2.60 bits per heavy atom. The lowest BCUT2D eigenvalue weighted by Gasteiger charge is -2.10.